The van der Waals surface area contributed by atoms with E-state index in [-0.39, 0.29) is 0 Å². The first-order chi connectivity index (χ1) is 11.3. The number of rotatable bonds is 6. The molecule has 0 aliphatic heterocycles. The van der Waals surface area contributed by atoms with Crippen molar-refractivity contribution in [1.29, 1.82) is 0 Å². The van der Waals surface area contributed by atoms with Crippen LogP contribution in [0.15, 0.2) is 38.9 Å². The van der Waals surface area contributed by atoms with Crippen LogP contribution in [-0.2, 0) is 6.54 Å². The molecule has 1 aliphatic rings. The van der Waals surface area contributed by atoms with Gasteiger partial charge in [-0.15, -0.1) is 16.8 Å². The molecular weight excluding hydrogens is 330 g/mol. The van der Waals surface area contributed by atoms with E-state index in [1.807, 2.05) is 23.6 Å². The topological polar surface area (TPSA) is 69.6 Å². The fourth-order valence-electron chi connectivity index (χ4n) is 2.32. The van der Waals surface area contributed by atoms with Crippen molar-refractivity contribution in [1.82, 2.24) is 24.1 Å². The molecule has 1 fully saturated rings. The molecule has 0 saturated heterocycles. The fraction of sp³-hybridized carbons (Fsp3) is 0.333. The second-order valence-electron chi connectivity index (χ2n) is 5.39. The molecule has 6 nitrogen and oxygen atoms in total. The zero-order valence-corrected chi connectivity index (χ0v) is 14.2. The lowest BCUT2D eigenvalue weighted by Gasteiger charge is -2.05. The number of allylic oxidation sites excluding steroid dienone is 1. The van der Waals surface area contributed by atoms with Gasteiger partial charge in [-0.05, 0) is 49.1 Å². The highest BCUT2D eigenvalue weighted by Gasteiger charge is 2.28. The number of nitrogens with zero attached hydrogens (tertiary/aromatic N) is 5. The molecule has 0 atom stereocenters. The highest BCUT2D eigenvalue weighted by Crippen LogP contribution is 2.40. The Balaban J connectivity index is 1.66. The Kier molecular flexibility index (Phi) is 3.78. The summed E-state index contributed by atoms with van der Waals surface area (Å²) < 4.78 is 12.7. The predicted octanol–water partition coefficient (Wildman–Crippen LogP) is 3.91. The molecule has 3 aromatic heterocycles. The van der Waals surface area contributed by atoms with E-state index >= 15 is 0 Å². The first-order valence-corrected chi connectivity index (χ1v) is 8.95. The van der Waals surface area contributed by atoms with E-state index in [0.717, 1.165) is 32.5 Å². The third-order valence-corrected chi connectivity index (χ3v) is 5.42. The number of furan rings is 1. The largest absolute Gasteiger partial charge is 0.469 e. The minimum absolute atomic E-state index is 0.566. The maximum Gasteiger partial charge on any atom is 0.198 e. The van der Waals surface area contributed by atoms with Gasteiger partial charge in [0, 0.05) is 12.5 Å². The highest BCUT2D eigenvalue weighted by molar-refractivity contribution is 8.00. The van der Waals surface area contributed by atoms with Crippen LogP contribution in [0.5, 0.6) is 0 Å². The SMILES string of the molecule is C=CCn1c(Sc2nc(C3CC3)ns2)nnc1-c1ccoc1C. The minimum atomic E-state index is 0.566. The van der Waals surface area contributed by atoms with Gasteiger partial charge < -0.3 is 4.42 Å². The quantitative estimate of drug-likeness (QED) is 0.631. The fourth-order valence-corrected chi connectivity index (χ4v) is 3.95. The second kappa shape index (κ2) is 5.93. The molecule has 23 heavy (non-hydrogen) atoms. The van der Waals surface area contributed by atoms with Crippen molar-refractivity contribution < 1.29 is 4.42 Å². The van der Waals surface area contributed by atoms with Crippen molar-refractivity contribution >= 4 is 23.3 Å². The summed E-state index contributed by atoms with van der Waals surface area (Å²) >= 11 is 2.93. The summed E-state index contributed by atoms with van der Waals surface area (Å²) in [6, 6.07) is 1.91. The second-order valence-corrected chi connectivity index (χ2v) is 7.36. The summed E-state index contributed by atoms with van der Waals surface area (Å²) in [5, 5.41) is 9.44. The van der Waals surface area contributed by atoms with Gasteiger partial charge in [0.15, 0.2) is 15.3 Å². The van der Waals surface area contributed by atoms with Crippen LogP contribution < -0.4 is 0 Å². The van der Waals surface area contributed by atoms with Crippen molar-refractivity contribution in [3.8, 4) is 11.4 Å². The summed E-state index contributed by atoms with van der Waals surface area (Å²) in [6.45, 7) is 6.38. The Labute approximate surface area is 141 Å². The van der Waals surface area contributed by atoms with E-state index in [2.05, 4.69) is 26.1 Å². The normalized spacial score (nSPS) is 14.3. The van der Waals surface area contributed by atoms with Gasteiger partial charge in [-0.25, -0.2) is 4.98 Å². The Morgan fingerprint density at radius 1 is 1.48 bits per heavy atom. The number of aryl methyl sites for hydroxylation is 1. The lowest BCUT2D eigenvalue weighted by atomic mass is 10.2. The van der Waals surface area contributed by atoms with E-state index < -0.39 is 0 Å². The molecule has 0 bridgehead atoms. The molecule has 1 saturated carbocycles. The summed E-state index contributed by atoms with van der Waals surface area (Å²) in [7, 11) is 0. The van der Waals surface area contributed by atoms with Gasteiger partial charge in [-0.3, -0.25) is 4.57 Å². The zero-order valence-electron chi connectivity index (χ0n) is 12.6. The molecule has 0 unspecified atom stereocenters. The maximum atomic E-state index is 5.38. The van der Waals surface area contributed by atoms with Crippen LogP contribution in [0.1, 0.15) is 30.3 Å². The Hall–Kier alpha value is -1.93. The average Bonchev–Trinajstić information content (AvgIpc) is 2.95. The van der Waals surface area contributed by atoms with Crippen molar-refractivity contribution in [2.24, 2.45) is 0 Å². The predicted molar refractivity (Wildman–Crippen MR) is 88.7 cm³/mol. The summed E-state index contributed by atoms with van der Waals surface area (Å²) in [5.74, 6) is 3.14. The molecule has 8 heteroatoms. The first-order valence-electron chi connectivity index (χ1n) is 7.36. The molecule has 1 aliphatic carbocycles. The van der Waals surface area contributed by atoms with Crippen LogP contribution in [-0.4, -0.2) is 24.1 Å². The molecule has 4 rings (SSSR count). The van der Waals surface area contributed by atoms with Crippen LogP contribution in [0.3, 0.4) is 0 Å². The van der Waals surface area contributed by atoms with Crippen LogP contribution in [0.25, 0.3) is 11.4 Å². The van der Waals surface area contributed by atoms with Crippen LogP contribution in [0, 0.1) is 6.92 Å². The van der Waals surface area contributed by atoms with Gasteiger partial charge in [0.05, 0.1) is 11.8 Å². The molecule has 3 heterocycles. The van der Waals surface area contributed by atoms with Gasteiger partial charge in [0.1, 0.15) is 11.6 Å². The third kappa shape index (κ3) is 2.84. The van der Waals surface area contributed by atoms with Gasteiger partial charge in [-0.2, -0.15) is 4.37 Å². The highest BCUT2D eigenvalue weighted by atomic mass is 32.2. The zero-order chi connectivity index (χ0) is 15.8. The first kappa shape index (κ1) is 14.6. The number of hydrogen-bond donors (Lipinski definition) is 0. The summed E-state index contributed by atoms with van der Waals surface area (Å²) in [5.41, 5.74) is 0.946. The molecule has 3 aromatic rings. The molecular formula is C15H15N5OS2. The Bertz CT molecular complexity index is 846. The van der Waals surface area contributed by atoms with Gasteiger partial charge >= 0.3 is 0 Å². The molecule has 0 aromatic carbocycles. The van der Waals surface area contributed by atoms with E-state index in [9.17, 15) is 0 Å². The van der Waals surface area contributed by atoms with Crippen molar-refractivity contribution in [3.63, 3.8) is 0 Å². The number of aromatic nitrogens is 5. The van der Waals surface area contributed by atoms with E-state index in [1.165, 1.54) is 36.1 Å². The lowest BCUT2D eigenvalue weighted by molar-refractivity contribution is 0.534. The number of hydrogen-bond acceptors (Lipinski definition) is 7. The summed E-state index contributed by atoms with van der Waals surface area (Å²) in [6.07, 6.45) is 5.91. The molecule has 0 radical (unpaired) electrons. The summed E-state index contributed by atoms with van der Waals surface area (Å²) in [4.78, 5) is 4.60. The Morgan fingerprint density at radius 3 is 3.04 bits per heavy atom. The van der Waals surface area contributed by atoms with Crippen molar-refractivity contribution in [2.45, 2.75) is 41.7 Å². The van der Waals surface area contributed by atoms with E-state index in [0.29, 0.717) is 12.5 Å². The van der Waals surface area contributed by atoms with Gasteiger partial charge in [0.2, 0.25) is 0 Å². The van der Waals surface area contributed by atoms with Crippen LogP contribution in [0.2, 0.25) is 0 Å². The molecule has 0 N–H and O–H groups in total. The third-order valence-electron chi connectivity index (χ3n) is 3.67. The average molecular weight is 345 g/mol. The van der Waals surface area contributed by atoms with Crippen LogP contribution >= 0.6 is 23.3 Å². The lowest BCUT2D eigenvalue weighted by Crippen LogP contribution is -2.00. The minimum Gasteiger partial charge on any atom is -0.469 e. The van der Waals surface area contributed by atoms with Crippen LogP contribution in [0.4, 0.5) is 0 Å². The Morgan fingerprint density at radius 2 is 2.35 bits per heavy atom. The molecule has 0 amide bonds. The maximum absolute atomic E-state index is 5.38. The standard InChI is InChI=1S/C15H15N5OS2/c1-3-7-20-13(11-6-8-21-9(11)2)17-18-14(20)22-15-16-12(19-23-15)10-4-5-10/h3,6,8,10H,1,4-5,7H2,2H3. The van der Waals surface area contributed by atoms with E-state index in [1.54, 1.807) is 6.26 Å². The van der Waals surface area contributed by atoms with Gasteiger partial charge in [0.25, 0.3) is 0 Å². The molecule has 0 spiro atoms. The monoisotopic (exact) mass is 345 g/mol. The van der Waals surface area contributed by atoms with Crippen molar-refractivity contribution in [3.05, 3.63) is 36.6 Å². The van der Waals surface area contributed by atoms with Gasteiger partial charge in [-0.1, -0.05) is 6.08 Å². The molecule has 118 valence electrons. The van der Waals surface area contributed by atoms with E-state index in [4.69, 9.17) is 4.42 Å². The van der Waals surface area contributed by atoms with Crippen molar-refractivity contribution in [2.75, 3.05) is 0 Å². The smallest absolute Gasteiger partial charge is 0.198 e.